The summed E-state index contributed by atoms with van der Waals surface area (Å²) in [5.41, 5.74) is 3.81. The van der Waals surface area contributed by atoms with Crippen LogP contribution in [0.4, 0.5) is 10.2 Å². The molecule has 3 nitrogen and oxygen atoms in total. The van der Waals surface area contributed by atoms with Gasteiger partial charge in [0.05, 0.1) is 5.56 Å². The highest BCUT2D eigenvalue weighted by atomic mass is 19.1. The van der Waals surface area contributed by atoms with Gasteiger partial charge in [0.25, 0.3) is 0 Å². The summed E-state index contributed by atoms with van der Waals surface area (Å²) in [7, 11) is 0. The number of pyridine rings is 1. The lowest BCUT2D eigenvalue weighted by molar-refractivity contribution is 0.627. The molecule has 100 valence electrons. The topological polar surface area (TPSA) is 48.7 Å². The Bertz CT molecular complexity index is 671. The van der Waals surface area contributed by atoms with Crippen molar-refractivity contribution < 1.29 is 4.39 Å². The van der Waals surface area contributed by atoms with Crippen LogP contribution in [0.15, 0.2) is 30.3 Å². The third-order valence-corrected chi connectivity index (χ3v) is 3.54. The quantitative estimate of drug-likeness (QED) is 0.929. The highest BCUT2D eigenvalue weighted by molar-refractivity contribution is 5.55. The maximum absolute atomic E-state index is 12.8. The van der Waals surface area contributed by atoms with Gasteiger partial charge in [-0.2, -0.15) is 5.26 Å². The van der Waals surface area contributed by atoms with Gasteiger partial charge < -0.3 is 5.32 Å². The van der Waals surface area contributed by atoms with Crippen molar-refractivity contribution in [2.45, 2.75) is 25.8 Å². The van der Waals surface area contributed by atoms with Crippen LogP contribution in [-0.2, 0) is 19.4 Å². The van der Waals surface area contributed by atoms with E-state index in [0.717, 1.165) is 30.5 Å². The van der Waals surface area contributed by atoms with Crippen LogP contribution in [0.25, 0.3) is 0 Å². The number of nitrogens with zero attached hydrogens (tertiary/aromatic N) is 2. The number of fused-ring (bicyclic) bond motifs is 1. The van der Waals surface area contributed by atoms with Gasteiger partial charge >= 0.3 is 0 Å². The fraction of sp³-hybridized carbons (Fsp3) is 0.250. The molecular formula is C16H14FN3. The lowest BCUT2D eigenvalue weighted by Gasteiger charge is -2.09. The molecule has 0 unspecified atom stereocenters. The summed E-state index contributed by atoms with van der Waals surface area (Å²) in [5.74, 6) is 0.375. The Balaban J connectivity index is 1.80. The minimum Gasteiger partial charge on any atom is -0.365 e. The molecule has 1 aliphatic carbocycles. The molecule has 0 saturated heterocycles. The SMILES string of the molecule is N#Cc1cc2c(nc1NCc1ccc(F)cc1)CCC2. The van der Waals surface area contributed by atoms with E-state index in [4.69, 9.17) is 0 Å². The summed E-state index contributed by atoms with van der Waals surface area (Å²) in [6.45, 7) is 0.529. The summed E-state index contributed by atoms with van der Waals surface area (Å²) < 4.78 is 12.8. The number of hydrogen-bond donors (Lipinski definition) is 1. The van der Waals surface area contributed by atoms with E-state index < -0.39 is 0 Å². The number of anilines is 1. The molecule has 0 fully saturated rings. The maximum Gasteiger partial charge on any atom is 0.144 e. The van der Waals surface area contributed by atoms with E-state index in [1.165, 1.54) is 17.7 Å². The summed E-state index contributed by atoms with van der Waals surface area (Å²) >= 11 is 0. The van der Waals surface area contributed by atoms with Crippen LogP contribution >= 0.6 is 0 Å². The molecular weight excluding hydrogens is 253 g/mol. The van der Waals surface area contributed by atoms with Crippen LogP contribution in [0.2, 0.25) is 0 Å². The Labute approximate surface area is 117 Å². The molecule has 20 heavy (non-hydrogen) atoms. The second kappa shape index (κ2) is 5.30. The molecule has 0 aliphatic heterocycles. The van der Waals surface area contributed by atoms with Crippen LogP contribution in [0, 0.1) is 17.1 Å². The molecule has 4 heteroatoms. The molecule has 0 bridgehead atoms. The monoisotopic (exact) mass is 267 g/mol. The predicted octanol–water partition coefficient (Wildman–Crippen LogP) is 3.19. The molecule has 0 radical (unpaired) electrons. The number of nitriles is 1. The third-order valence-electron chi connectivity index (χ3n) is 3.54. The van der Waals surface area contributed by atoms with Crippen molar-refractivity contribution in [3.8, 4) is 6.07 Å². The van der Waals surface area contributed by atoms with Crippen molar-refractivity contribution in [2.75, 3.05) is 5.32 Å². The normalized spacial score (nSPS) is 12.8. The summed E-state index contributed by atoms with van der Waals surface area (Å²) in [6.07, 6.45) is 3.09. The van der Waals surface area contributed by atoms with E-state index in [1.54, 1.807) is 12.1 Å². The van der Waals surface area contributed by atoms with E-state index in [-0.39, 0.29) is 5.82 Å². The number of aromatic nitrogens is 1. The van der Waals surface area contributed by atoms with Crippen molar-refractivity contribution >= 4 is 5.82 Å². The number of hydrogen-bond acceptors (Lipinski definition) is 3. The van der Waals surface area contributed by atoms with Gasteiger partial charge in [-0.3, -0.25) is 0 Å². The fourth-order valence-corrected chi connectivity index (χ4v) is 2.48. The van der Waals surface area contributed by atoms with E-state index in [0.29, 0.717) is 17.9 Å². The highest BCUT2D eigenvalue weighted by Gasteiger charge is 2.16. The molecule has 1 aliphatic rings. The van der Waals surface area contributed by atoms with Crippen molar-refractivity contribution in [3.63, 3.8) is 0 Å². The third kappa shape index (κ3) is 2.48. The minimum atomic E-state index is -0.248. The molecule has 1 aromatic carbocycles. The molecule has 0 atom stereocenters. The van der Waals surface area contributed by atoms with Crippen molar-refractivity contribution in [2.24, 2.45) is 0 Å². The van der Waals surface area contributed by atoms with Crippen molar-refractivity contribution in [1.29, 1.82) is 5.26 Å². The van der Waals surface area contributed by atoms with Crippen molar-refractivity contribution in [1.82, 2.24) is 4.98 Å². The number of benzene rings is 1. The van der Waals surface area contributed by atoms with Gasteiger partial charge in [0.1, 0.15) is 17.7 Å². The molecule has 0 saturated carbocycles. The average molecular weight is 267 g/mol. The van der Waals surface area contributed by atoms with E-state index in [2.05, 4.69) is 16.4 Å². The van der Waals surface area contributed by atoms with E-state index in [9.17, 15) is 9.65 Å². The highest BCUT2D eigenvalue weighted by Crippen LogP contribution is 2.25. The molecule has 0 spiro atoms. The summed E-state index contributed by atoms with van der Waals surface area (Å²) in [6, 6.07) is 10.4. The lowest BCUT2D eigenvalue weighted by atomic mass is 10.1. The Morgan fingerprint density at radius 2 is 2.05 bits per heavy atom. The second-order valence-corrected chi connectivity index (χ2v) is 4.94. The smallest absolute Gasteiger partial charge is 0.144 e. The molecule has 1 aromatic heterocycles. The lowest BCUT2D eigenvalue weighted by Crippen LogP contribution is -2.05. The molecule has 0 amide bonds. The molecule has 3 rings (SSSR count). The summed E-state index contributed by atoms with van der Waals surface area (Å²) in [5, 5.41) is 12.4. The molecule has 1 heterocycles. The zero-order chi connectivity index (χ0) is 13.9. The standard InChI is InChI=1S/C16H14FN3/c17-14-6-4-11(5-7-14)10-19-16-13(9-18)8-12-2-1-3-15(12)20-16/h4-8H,1-3,10H2,(H,19,20). The maximum atomic E-state index is 12.8. The Kier molecular flexibility index (Phi) is 3.34. The first-order valence-electron chi connectivity index (χ1n) is 6.67. The first kappa shape index (κ1) is 12.6. The van der Waals surface area contributed by atoms with Gasteiger partial charge in [0.2, 0.25) is 0 Å². The van der Waals surface area contributed by atoms with E-state index in [1.807, 2.05) is 6.07 Å². The minimum absolute atomic E-state index is 0.248. The van der Waals surface area contributed by atoms with Gasteiger partial charge in [-0.15, -0.1) is 0 Å². The number of nitrogens with one attached hydrogen (secondary N) is 1. The van der Waals surface area contributed by atoms with Gasteiger partial charge in [0.15, 0.2) is 0 Å². The predicted molar refractivity (Wildman–Crippen MR) is 74.7 cm³/mol. The fourth-order valence-electron chi connectivity index (χ4n) is 2.48. The van der Waals surface area contributed by atoms with Crippen LogP contribution in [0.3, 0.4) is 0 Å². The average Bonchev–Trinajstić information content (AvgIpc) is 2.92. The first-order valence-corrected chi connectivity index (χ1v) is 6.67. The summed E-state index contributed by atoms with van der Waals surface area (Å²) in [4.78, 5) is 4.55. The van der Waals surface area contributed by atoms with Crippen LogP contribution < -0.4 is 5.32 Å². The van der Waals surface area contributed by atoms with Crippen molar-refractivity contribution in [3.05, 3.63) is 58.5 Å². The Hall–Kier alpha value is -2.41. The molecule has 2 aromatic rings. The van der Waals surface area contributed by atoms with Gasteiger partial charge in [-0.25, -0.2) is 9.37 Å². The Morgan fingerprint density at radius 1 is 1.25 bits per heavy atom. The first-order chi connectivity index (χ1) is 9.76. The van der Waals surface area contributed by atoms with Gasteiger partial charge in [0, 0.05) is 12.2 Å². The number of halogens is 1. The van der Waals surface area contributed by atoms with Gasteiger partial charge in [-0.05, 0) is 48.6 Å². The molecule has 1 N–H and O–H groups in total. The number of aryl methyl sites for hydroxylation is 2. The van der Waals surface area contributed by atoms with E-state index >= 15 is 0 Å². The zero-order valence-electron chi connectivity index (χ0n) is 11.0. The number of rotatable bonds is 3. The second-order valence-electron chi connectivity index (χ2n) is 4.94. The zero-order valence-corrected chi connectivity index (χ0v) is 11.0. The van der Waals surface area contributed by atoms with Crippen LogP contribution in [0.5, 0.6) is 0 Å². The largest absolute Gasteiger partial charge is 0.365 e. The van der Waals surface area contributed by atoms with Gasteiger partial charge in [-0.1, -0.05) is 12.1 Å². The van der Waals surface area contributed by atoms with Crippen LogP contribution in [-0.4, -0.2) is 4.98 Å². The Morgan fingerprint density at radius 3 is 2.80 bits per heavy atom. The van der Waals surface area contributed by atoms with Crippen LogP contribution in [0.1, 0.15) is 28.8 Å².